The van der Waals surface area contributed by atoms with Crippen molar-refractivity contribution in [3.8, 4) is 0 Å². The third-order valence-electron chi connectivity index (χ3n) is 6.09. The number of amides is 2. The normalized spacial score (nSPS) is 11.1. The third kappa shape index (κ3) is 6.81. The number of nitrogens with zero attached hydrogens (tertiary/aromatic N) is 2. The van der Waals surface area contributed by atoms with Crippen molar-refractivity contribution in [2.45, 2.75) is 25.3 Å². The van der Waals surface area contributed by atoms with E-state index in [4.69, 9.17) is 11.6 Å². The van der Waals surface area contributed by atoms with Gasteiger partial charge >= 0.3 is 0 Å². The molecule has 4 aromatic rings. The minimum atomic E-state index is -4.12. The highest BCUT2D eigenvalue weighted by atomic mass is 35.5. The molecule has 1 aromatic heterocycles. The minimum Gasteiger partial charge on any atom is -0.348 e. The zero-order valence-corrected chi connectivity index (χ0v) is 23.0. The summed E-state index contributed by atoms with van der Waals surface area (Å²) in [5, 5.41) is 5.91. The molecule has 0 saturated heterocycles. The van der Waals surface area contributed by atoms with Gasteiger partial charge in [0.1, 0.15) is 6.54 Å². The van der Waals surface area contributed by atoms with Crippen LogP contribution in [0.1, 0.15) is 27.0 Å². The van der Waals surface area contributed by atoms with Crippen LogP contribution >= 0.6 is 11.6 Å². The van der Waals surface area contributed by atoms with Crippen molar-refractivity contribution in [2.75, 3.05) is 16.2 Å². The molecule has 0 aliphatic carbocycles. The Bertz CT molecular complexity index is 1590. The summed E-state index contributed by atoms with van der Waals surface area (Å²) in [5.74, 6) is -1.01. The van der Waals surface area contributed by atoms with Gasteiger partial charge in [-0.3, -0.25) is 18.9 Å². The monoisotopic (exact) mass is 562 g/mol. The van der Waals surface area contributed by atoms with Crippen molar-refractivity contribution >= 4 is 44.8 Å². The fraction of sp³-hybridized carbons (Fsp3) is 0.138. The van der Waals surface area contributed by atoms with Crippen LogP contribution in [0.3, 0.4) is 0 Å². The van der Waals surface area contributed by atoms with E-state index in [0.717, 1.165) is 21.0 Å². The molecule has 0 radical (unpaired) electrons. The number of nitrogens with one attached hydrogen (secondary N) is 2. The summed E-state index contributed by atoms with van der Waals surface area (Å²) in [5.41, 5.74) is 3.52. The Morgan fingerprint density at radius 2 is 1.67 bits per heavy atom. The first kappa shape index (κ1) is 27.8. The van der Waals surface area contributed by atoms with Gasteiger partial charge in [0, 0.05) is 24.0 Å². The smallest absolute Gasteiger partial charge is 0.264 e. The zero-order valence-electron chi connectivity index (χ0n) is 21.4. The molecule has 200 valence electrons. The predicted molar refractivity (Wildman–Crippen MR) is 152 cm³/mol. The first-order valence-corrected chi connectivity index (χ1v) is 13.9. The highest BCUT2D eigenvalue weighted by Gasteiger charge is 2.28. The summed E-state index contributed by atoms with van der Waals surface area (Å²) in [6, 6.07) is 21.1. The van der Waals surface area contributed by atoms with Gasteiger partial charge in [0.15, 0.2) is 0 Å². The quantitative estimate of drug-likeness (QED) is 0.294. The van der Waals surface area contributed by atoms with E-state index in [2.05, 4.69) is 15.6 Å². The molecule has 0 saturated carbocycles. The standard InChI is InChI=1S/C29H27ClN4O4S/c1-20-9-12-24(16-21(20)2)34(39(37,38)25-13-10-23(30)11-14-25)19-28(35)33-27-8-4-3-7-26(27)29(36)32-18-22-6-5-15-31-17-22/h3-17H,18-19H2,1-2H3,(H,32,36)(H,33,35). The van der Waals surface area contributed by atoms with Crippen LogP contribution in [0.15, 0.2) is 96.2 Å². The first-order valence-electron chi connectivity index (χ1n) is 12.1. The average Bonchev–Trinajstić information content (AvgIpc) is 2.93. The maximum Gasteiger partial charge on any atom is 0.264 e. The van der Waals surface area contributed by atoms with Crippen LogP contribution in [0.4, 0.5) is 11.4 Å². The summed E-state index contributed by atoms with van der Waals surface area (Å²) >= 11 is 5.96. The van der Waals surface area contributed by atoms with Crippen LogP contribution in [-0.2, 0) is 21.4 Å². The summed E-state index contributed by atoms with van der Waals surface area (Å²) in [7, 11) is -4.12. The Kier molecular flexibility index (Phi) is 8.63. The molecular formula is C29H27ClN4O4S. The molecule has 0 atom stereocenters. The number of rotatable bonds is 9. The number of aryl methyl sites for hydroxylation is 2. The molecule has 1 heterocycles. The summed E-state index contributed by atoms with van der Waals surface area (Å²) in [6.07, 6.45) is 3.29. The van der Waals surface area contributed by atoms with Crippen LogP contribution in [0.5, 0.6) is 0 Å². The highest BCUT2D eigenvalue weighted by Crippen LogP contribution is 2.27. The van der Waals surface area contributed by atoms with E-state index >= 15 is 0 Å². The Hall–Kier alpha value is -4.21. The zero-order chi connectivity index (χ0) is 28.0. The van der Waals surface area contributed by atoms with Gasteiger partial charge in [-0.15, -0.1) is 0 Å². The van der Waals surface area contributed by atoms with Crippen LogP contribution < -0.4 is 14.9 Å². The SMILES string of the molecule is Cc1ccc(N(CC(=O)Nc2ccccc2C(=O)NCc2cccnc2)S(=O)(=O)c2ccc(Cl)cc2)cc1C. The number of para-hydroxylation sites is 1. The van der Waals surface area contributed by atoms with Crippen LogP contribution in [-0.4, -0.2) is 31.8 Å². The van der Waals surface area contributed by atoms with Gasteiger partial charge in [-0.2, -0.15) is 0 Å². The Morgan fingerprint density at radius 3 is 2.36 bits per heavy atom. The second-order valence-electron chi connectivity index (χ2n) is 8.87. The van der Waals surface area contributed by atoms with E-state index in [9.17, 15) is 18.0 Å². The molecule has 0 bridgehead atoms. The van der Waals surface area contributed by atoms with Crippen molar-refractivity contribution in [3.05, 3.63) is 119 Å². The topological polar surface area (TPSA) is 108 Å². The lowest BCUT2D eigenvalue weighted by Crippen LogP contribution is -2.38. The van der Waals surface area contributed by atoms with Crippen molar-refractivity contribution in [3.63, 3.8) is 0 Å². The third-order valence-corrected chi connectivity index (χ3v) is 8.13. The van der Waals surface area contributed by atoms with Gasteiger partial charge in [-0.05, 0) is 85.1 Å². The van der Waals surface area contributed by atoms with Crippen molar-refractivity contribution in [2.24, 2.45) is 0 Å². The number of hydrogen-bond acceptors (Lipinski definition) is 5. The molecule has 0 aliphatic rings. The van der Waals surface area contributed by atoms with Gasteiger partial charge in [-0.1, -0.05) is 35.9 Å². The molecule has 0 unspecified atom stereocenters. The van der Waals surface area contributed by atoms with Crippen LogP contribution in [0, 0.1) is 13.8 Å². The largest absolute Gasteiger partial charge is 0.348 e. The molecule has 2 amide bonds. The number of aromatic nitrogens is 1. The number of anilines is 2. The molecule has 4 rings (SSSR count). The highest BCUT2D eigenvalue weighted by molar-refractivity contribution is 7.92. The predicted octanol–water partition coefficient (Wildman–Crippen LogP) is 5.12. The summed E-state index contributed by atoms with van der Waals surface area (Å²) in [6.45, 7) is 3.53. The lowest BCUT2D eigenvalue weighted by molar-refractivity contribution is -0.114. The maximum atomic E-state index is 13.7. The van der Waals surface area contributed by atoms with Gasteiger partial charge in [0.2, 0.25) is 5.91 Å². The van der Waals surface area contributed by atoms with Crippen molar-refractivity contribution in [1.82, 2.24) is 10.3 Å². The Balaban J connectivity index is 1.58. The molecule has 10 heteroatoms. The Labute approximate surface area is 232 Å². The van der Waals surface area contributed by atoms with E-state index in [1.165, 1.54) is 24.3 Å². The fourth-order valence-corrected chi connectivity index (χ4v) is 5.36. The minimum absolute atomic E-state index is 0.00638. The number of benzene rings is 3. The van der Waals surface area contributed by atoms with E-state index in [-0.39, 0.29) is 22.7 Å². The number of pyridine rings is 1. The average molecular weight is 563 g/mol. The maximum absolute atomic E-state index is 13.7. The van der Waals surface area contributed by atoms with Crippen molar-refractivity contribution < 1.29 is 18.0 Å². The lowest BCUT2D eigenvalue weighted by atomic mass is 10.1. The van der Waals surface area contributed by atoms with E-state index < -0.39 is 28.4 Å². The fourth-order valence-electron chi connectivity index (χ4n) is 3.82. The van der Waals surface area contributed by atoms with Crippen LogP contribution in [0.25, 0.3) is 0 Å². The second-order valence-corrected chi connectivity index (χ2v) is 11.2. The summed E-state index contributed by atoms with van der Waals surface area (Å²) < 4.78 is 28.4. The Morgan fingerprint density at radius 1 is 0.923 bits per heavy atom. The second kappa shape index (κ2) is 12.1. The van der Waals surface area contributed by atoms with E-state index in [1.807, 2.05) is 19.9 Å². The number of carbonyl (C=O) groups excluding carboxylic acids is 2. The molecular weight excluding hydrogens is 536 g/mol. The van der Waals surface area contributed by atoms with Gasteiger partial charge in [0.05, 0.1) is 21.8 Å². The molecule has 2 N–H and O–H groups in total. The molecule has 3 aromatic carbocycles. The molecule has 0 aliphatic heterocycles. The summed E-state index contributed by atoms with van der Waals surface area (Å²) in [4.78, 5) is 30.2. The van der Waals surface area contributed by atoms with Crippen LogP contribution in [0.2, 0.25) is 5.02 Å². The first-order chi connectivity index (χ1) is 18.6. The van der Waals surface area contributed by atoms with Crippen molar-refractivity contribution in [1.29, 1.82) is 0 Å². The van der Waals surface area contributed by atoms with Gasteiger partial charge < -0.3 is 10.6 Å². The molecule has 0 spiro atoms. The molecule has 0 fully saturated rings. The van der Waals surface area contributed by atoms with Gasteiger partial charge in [-0.25, -0.2) is 8.42 Å². The van der Waals surface area contributed by atoms with E-state index in [0.29, 0.717) is 10.7 Å². The number of hydrogen-bond donors (Lipinski definition) is 2. The number of sulfonamides is 1. The molecule has 8 nitrogen and oxygen atoms in total. The number of halogens is 1. The molecule has 39 heavy (non-hydrogen) atoms. The van der Waals surface area contributed by atoms with E-state index in [1.54, 1.807) is 60.9 Å². The number of carbonyl (C=O) groups is 2. The lowest BCUT2D eigenvalue weighted by Gasteiger charge is -2.25. The van der Waals surface area contributed by atoms with Gasteiger partial charge in [0.25, 0.3) is 15.9 Å².